The van der Waals surface area contributed by atoms with Crippen LogP contribution < -0.4 is 10.1 Å². The first-order valence-electron chi connectivity index (χ1n) is 10.4. The molecule has 0 unspecified atom stereocenters. The van der Waals surface area contributed by atoms with E-state index in [4.69, 9.17) is 14.5 Å². The molecule has 31 heavy (non-hydrogen) atoms. The summed E-state index contributed by atoms with van der Waals surface area (Å²) in [6, 6.07) is 16.1. The molecule has 0 radical (unpaired) electrons. The van der Waals surface area contributed by atoms with E-state index in [2.05, 4.69) is 41.5 Å². The van der Waals surface area contributed by atoms with Crippen LogP contribution in [0.25, 0.3) is 22.6 Å². The number of aromatic nitrogens is 2. The van der Waals surface area contributed by atoms with Gasteiger partial charge in [-0.05, 0) is 44.0 Å². The number of benzene rings is 2. The van der Waals surface area contributed by atoms with Gasteiger partial charge in [-0.1, -0.05) is 41.6 Å². The van der Waals surface area contributed by atoms with Crippen LogP contribution in [0.4, 0.5) is 0 Å². The number of hydrogen-bond donors (Lipinski definition) is 2. The third kappa shape index (κ3) is 5.48. The van der Waals surface area contributed by atoms with E-state index in [-0.39, 0.29) is 12.0 Å². The number of H-pyrrole nitrogens is 1. The van der Waals surface area contributed by atoms with Crippen molar-refractivity contribution < 1.29 is 14.3 Å². The van der Waals surface area contributed by atoms with Gasteiger partial charge in [0.25, 0.3) is 0 Å². The minimum Gasteiger partial charge on any atom is -0.497 e. The topological polar surface area (TPSA) is 76.2 Å². The van der Waals surface area contributed by atoms with Gasteiger partial charge in [0.2, 0.25) is 5.91 Å². The zero-order chi connectivity index (χ0) is 21.6. The fourth-order valence-corrected chi connectivity index (χ4v) is 4.32. The molecule has 6 nitrogen and oxygen atoms in total. The molecule has 1 aliphatic heterocycles. The van der Waals surface area contributed by atoms with Crippen LogP contribution in [0.3, 0.4) is 0 Å². The van der Waals surface area contributed by atoms with Crippen LogP contribution in [-0.4, -0.2) is 48.0 Å². The van der Waals surface area contributed by atoms with E-state index in [1.54, 1.807) is 7.11 Å². The number of ether oxygens (including phenoxy) is 2. The highest BCUT2D eigenvalue weighted by Gasteiger charge is 2.18. The zero-order valence-electron chi connectivity index (χ0n) is 17.8. The highest BCUT2D eigenvalue weighted by molar-refractivity contribution is 8.00. The minimum absolute atomic E-state index is 0.00986. The van der Waals surface area contributed by atoms with Crippen LogP contribution in [-0.2, 0) is 9.53 Å². The zero-order valence-corrected chi connectivity index (χ0v) is 18.6. The van der Waals surface area contributed by atoms with Gasteiger partial charge in [-0.3, -0.25) is 4.79 Å². The number of hydrogen-bond acceptors (Lipinski definition) is 5. The molecular formula is C24H27N3O3S. The molecule has 0 aliphatic carbocycles. The molecule has 1 fully saturated rings. The Bertz CT molecular complexity index is 1010. The van der Waals surface area contributed by atoms with Gasteiger partial charge >= 0.3 is 0 Å². The molecule has 4 rings (SSSR count). The monoisotopic (exact) mass is 437 g/mol. The summed E-state index contributed by atoms with van der Waals surface area (Å²) < 4.78 is 10.8. The van der Waals surface area contributed by atoms with Crippen LogP contribution >= 0.6 is 11.8 Å². The lowest BCUT2D eigenvalue weighted by molar-refractivity contribution is -0.119. The quantitative estimate of drug-likeness (QED) is 0.509. The van der Waals surface area contributed by atoms with Crippen molar-refractivity contribution in [3.05, 3.63) is 54.1 Å². The molecule has 2 aromatic carbocycles. The average Bonchev–Trinajstić information content (AvgIpc) is 3.47. The van der Waals surface area contributed by atoms with Gasteiger partial charge in [0.1, 0.15) is 16.6 Å². The first-order chi connectivity index (χ1) is 15.1. The molecule has 1 atom stereocenters. The predicted octanol–water partition coefficient (Wildman–Crippen LogP) is 4.45. The second kappa shape index (κ2) is 10.0. The van der Waals surface area contributed by atoms with E-state index in [9.17, 15) is 4.79 Å². The van der Waals surface area contributed by atoms with Crippen LogP contribution in [0.5, 0.6) is 5.75 Å². The summed E-state index contributed by atoms with van der Waals surface area (Å²) in [4.78, 5) is 20.6. The number of amides is 1. The van der Waals surface area contributed by atoms with E-state index in [1.165, 1.54) is 17.3 Å². The molecule has 1 saturated heterocycles. The Morgan fingerprint density at radius 3 is 2.61 bits per heavy atom. The molecule has 1 aromatic heterocycles. The number of aryl methyl sites for hydroxylation is 1. The lowest BCUT2D eigenvalue weighted by Gasteiger charge is -2.10. The molecule has 0 saturated carbocycles. The second-order valence-electron chi connectivity index (χ2n) is 7.59. The normalized spacial score (nSPS) is 15.7. The summed E-state index contributed by atoms with van der Waals surface area (Å²) in [5, 5.41) is 3.78. The largest absolute Gasteiger partial charge is 0.497 e. The summed E-state index contributed by atoms with van der Waals surface area (Å²) in [6.45, 7) is 3.42. The number of rotatable bonds is 8. The van der Waals surface area contributed by atoms with Crippen molar-refractivity contribution in [1.29, 1.82) is 0 Å². The van der Waals surface area contributed by atoms with Gasteiger partial charge in [-0.25, -0.2) is 4.98 Å². The van der Waals surface area contributed by atoms with Crippen molar-refractivity contribution in [1.82, 2.24) is 15.3 Å². The van der Waals surface area contributed by atoms with E-state index >= 15 is 0 Å². The SMILES string of the molecule is COc1ccc(-c2nc(SCC(=O)NC[C@H]3CCCO3)c(-c3ccc(C)cc3)[nH]2)cc1. The van der Waals surface area contributed by atoms with Gasteiger partial charge in [0.05, 0.1) is 24.7 Å². The van der Waals surface area contributed by atoms with Crippen molar-refractivity contribution in [2.75, 3.05) is 26.0 Å². The van der Waals surface area contributed by atoms with E-state index in [0.717, 1.165) is 52.9 Å². The fraction of sp³-hybridized carbons (Fsp3) is 0.333. The van der Waals surface area contributed by atoms with Gasteiger partial charge in [0, 0.05) is 24.3 Å². The maximum absolute atomic E-state index is 12.4. The van der Waals surface area contributed by atoms with Gasteiger partial charge in [-0.2, -0.15) is 0 Å². The number of thioether (sulfide) groups is 1. The number of aromatic amines is 1. The van der Waals surface area contributed by atoms with E-state index < -0.39 is 0 Å². The molecular weight excluding hydrogens is 410 g/mol. The molecule has 1 aliphatic rings. The number of imidazole rings is 1. The van der Waals surface area contributed by atoms with E-state index in [1.807, 2.05) is 24.3 Å². The predicted molar refractivity (Wildman–Crippen MR) is 123 cm³/mol. The lowest BCUT2D eigenvalue weighted by Crippen LogP contribution is -2.32. The Morgan fingerprint density at radius 2 is 1.94 bits per heavy atom. The summed E-state index contributed by atoms with van der Waals surface area (Å²) >= 11 is 1.44. The number of nitrogens with zero attached hydrogens (tertiary/aromatic N) is 1. The third-order valence-electron chi connectivity index (χ3n) is 5.27. The maximum atomic E-state index is 12.4. The van der Waals surface area contributed by atoms with Crippen molar-refractivity contribution in [2.45, 2.75) is 30.9 Å². The Kier molecular flexibility index (Phi) is 6.94. The molecule has 2 N–H and O–H groups in total. The van der Waals surface area contributed by atoms with Crippen molar-refractivity contribution in [3.63, 3.8) is 0 Å². The summed E-state index contributed by atoms with van der Waals surface area (Å²) in [6.07, 6.45) is 2.22. The summed E-state index contributed by atoms with van der Waals surface area (Å²) in [5.74, 6) is 1.86. The first-order valence-corrected chi connectivity index (χ1v) is 11.4. The first kappa shape index (κ1) is 21.5. The molecule has 3 aromatic rings. The van der Waals surface area contributed by atoms with Crippen molar-refractivity contribution in [2.24, 2.45) is 0 Å². The molecule has 7 heteroatoms. The average molecular weight is 438 g/mol. The van der Waals surface area contributed by atoms with E-state index in [0.29, 0.717) is 12.3 Å². The lowest BCUT2D eigenvalue weighted by atomic mass is 10.1. The summed E-state index contributed by atoms with van der Waals surface area (Å²) in [7, 11) is 1.65. The molecule has 162 valence electrons. The Morgan fingerprint density at radius 1 is 1.19 bits per heavy atom. The molecule has 0 spiro atoms. The third-order valence-corrected chi connectivity index (χ3v) is 6.24. The van der Waals surface area contributed by atoms with Crippen LogP contribution in [0.15, 0.2) is 53.6 Å². The highest BCUT2D eigenvalue weighted by Crippen LogP contribution is 2.33. The number of carbonyl (C=O) groups excluding carboxylic acids is 1. The van der Waals surface area contributed by atoms with Crippen molar-refractivity contribution in [3.8, 4) is 28.4 Å². The molecule has 2 heterocycles. The van der Waals surface area contributed by atoms with Gasteiger partial charge < -0.3 is 19.8 Å². The number of carbonyl (C=O) groups is 1. The van der Waals surface area contributed by atoms with Crippen LogP contribution in [0.1, 0.15) is 18.4 Å². The Labute approximate surface area is 186 Å². The molecule has 1 amide bonds. The Hall–Kier alpha value is -2.77. The summed E-state index contributed by atoms with van der Waals surface area (Å²) in [5.41, 5.74) is 4.12. The van der Waals surface area contributed by atoms with Crippen LogP contribution in [0.2, 0.25) is 0 Å². The van der Waals surface area contributed by atoms with Gasteiger partial charge in [-0.15, -0.1) is 0 Å². The second-order valence-corrected chi connectivity index (χ2v) is 8.55. The maximum Gasteiger partial charge on any atom is 0.230 e. The minimum atomic E-state index is -0.00986. The molecule has 0 bridgehead atoms. The standard InChI is InChI=1S/C24H27N3O3S/c1-16-5-7-17(8-6-16)22-24(31-15-21(28)25-14-20-4-3-13-30-20)27-23(26-22)18-9-11-19(29-2)12-10-18/h5-12,20H,3-4,13-15H2,1-2H3,(H,25,28)(H,26,27)/t20-/m1/s1. The van der Waals surface area contributed by atoms with Crippen LogP contribution in [0, 0.1) is 6.92 Å². The number of methoxy groups -OCH3 is 1. The number of nitrogens with one attached hydrogen (secondary N) is 2. The van der Waals surface area contributed by atoms with Gasteiger partial charge in [0.15, 0.2) is 0 Å². The smallest absolute Gasteiger partial charge is 0.230 e. The highest BCUT2D eigenvalue weighted by atomic mass is 32.2. The van der Waals surface area contributed by atoms with Crippen molar-refractivity contribution >= 4 is 17.7 Å². The fourth-order valence-electron chi connectivity index (χ4n) is 3.48. The Balaban J connectivity index is 1.51.